The Hall–Kier alpha value is -5.15. The molecule has 5 N–H and O–H groups in total. The van der Waals surface area contributed by atoms with Crippen molar-refractivity contribution in [2.24, 2.45) is 31.7 Å². The van der Waals surface area contributed by atoms with E-state index >= 15 is 0 Å². The molecule has 0 bridgehead atoms. The minimum absolute atomic E-state index is 0.00307. The van der Waals surface area contributed by atoms with Crippen LogP contribution in [0.4, 0.5) is 0 Å². The molecule has 0 spiro atoms. The average molecular weight is 1160 g/mol. The zero-order valence-corrected chi connectivity index (χ0v) is 49.2. The first-order valence-electron chi connectivity index (χ1n) is 25.1. The van der Waals surface area contributed by atoms with E-state index in [2.05, 4.69) is 37.5 Å². The third-order valence-electron chi connectivity index (χ3n) is 11.8. The minimum Gasteiger partial charge on any atom is -0.489 e. The first kappa shape index (κ1) is 64.4. The Morgan fingerprint density at radius 1 is 0.636 bits per heavy atom. The van der Waals surface area contributed by atoms with Crippen LogP contribution < -0.4 is 19.9 Å². The van der Waals surface area contributed by atoms with Gasteiger partial charge < -0.3 is 34.6 Å². The molecule has 2 heterocycles. The highest BCUT2D eigenvalue weighted by Crippen LogP contribution is 2.31. The van der Waals surface area contributed by atoms with Gasteiger partial charge in [0.2, 0.25) is 19.1 Å². The van der Waals surface area contributed by atoms with Crippen LogP contribution in [0.3, 0.4) is 0 Å². The van der Waals surface area contributed by atoms with Crippen LogP contribution in [0.15, 0.2) is 97.3 Å². The van der Waals surface area contributed by atoms with Crippen molar-refractivity contribution >= 4 is 64.5 Å². The topological polar surface area (TPSA) is 235 Å². The second-order valence-electron chi connectivity index (χ2n) is 19.7. The van der Waals surface area contributed by atoms with Crippen molar-refractivity contribution in [1.29, 1.82) is 0 Å². The molecule has 0 aliphatic carbocycles. The molecule has 0 radical (unpaired) electrons. The van der Waals surface area contributed by atoms with Crippen LogP contribution in [0.1, 0.15) is 123 Å². The largest absolute Gasteiger partial charge is 0.489 e. The standard InChI is InChI=1S/C28H36ClN3O5S.C27H34ClN3O3.CH3ClO2S/c1-18(2)37-27-11-10-23(16-24(27)29)26(34)15-21(12-13-33)14-20-6-8-22(9-7-20)25-17-32(4)28(30-25)19(3)31-38(5,35)36;1-17(2)34-26-10-9-22(15-23(26)28)25(33)14-20(11-12-32)13-19-5-7-21(8-6-19)24-16-31(4)27(30-24)18(3)29;1-5(2,3)4/h6-11,16-19,21,31,33H,12-15H2,1-5H3;5-10,15-18,20,32H,11-14,29H2,1-4H3;1H3/t19?,21-;18?,20-;/m11./s1. The maximum Gasteiger partial charge on any atom is 0.229 e. The maximum absolute atomic E-state index is 13.0. The summed E-state index contributed by atoms with van der Waals surface area (Å²) in [6.45, 7) is 11.4. The van der Waals surface area contributed by atoms with E-state index in [1.807, 2.05) is 107 Å². The SMILES string of the molecule is CC(C)Oc1ccc(C(=O)C[C@H](CCO)Cc2ccc(-c3cn(C)c(C(C)N)n3)cc2)cc1Cl.CC(C)Oc1ccc(C(=O)C[C@H](CCO)Cc2ccc(-c3cn(C)c(C(C)NS(C)(=O)=O)n3)cc2)cc1Cl.CS(=O)(=O)Cl. The van der Waals surface area contributed by atoms with E-state index in [-0.39, 0.29) is 61.3 Å². The summed E-state index contributed by atoms with van der Waals surface area (Å²) < 4.78 is 59.6. The van der Waals surface area contributed by atoms with Crippen LogP contribution in [0, 0.1) is 11.8 Å². The number of halogens is 3. The molecule has 2 unspecified atom stereocenters. The molecule has 0 saturated heterocycles. The van der Waals surface area contributed by atoms with Gasteiger partial charge in [-0.25, -0.2) is 31.5 Å². The highest BCUT2D eigenvalue weighted by Gasteiger charge is 2.21. The van der Waals surface area contributed by atoms with Crippen LogP contribution in [0.2, 0.25) is 10.0 Å². The van der Waals surface area contributed by atoms with Crippen LogP contribution >= 0.6 is 33.9 Å². The fourth-order valence-electron chi connectivity index (χ4n) is 8.45. The van der Waals surface area contributed by atoms with Gasteiger partial charge in [0.25, 0.3) is 0 Å². The van der Waals surface area contributed by atoms with Crippen molar-refractivity contribution in [3.63, 3.8) is 0 Å². The normalized spacial score (nSPS) is 13.2. The number of nitrogens with zero attached hydrogens (tertiary/aromatic N) is 4. The molecule has 4 atom stereocenters. The lowest BCUT2D eigenvalue weighted by atomic mass is 9.89. The van der Waals surface area contributed by atoms with Crippen molar-refractivity contribution < 1.29 is 46.1 Å². The van der Waals surface area contributed by atoms with Crippen molar-refractivity contribution in [2.75, 3.05) is 25.7 Å². The lowest BCUT2D eigenvalue weighted by Crippen LogP contribution is -2.27. The zero-order chi connectivity index (χ0) is 57.4. The lowest BCUT2D eigenvalue weighted by Gasteiger charge is -2.16. The summed E-state index contributed by atoms with van der Waals surface area (Å²) in [4.78, 5) is 35.2. The van der Waals surface area contributed by atoms with Gasteiger partial charge in [-0.1, -0.05) is 71.7 Å². The van der Waals surface area contributed by atoms with Gasteiger partial charge in [0.1, 0.15) is 23.1 Å². The number of rotatable bonds is 24. The number of nitrogens with one attached hydrogen (secondary N) is 1. The molecule has 420 valence electrons. The lowest BCUT2D eigenvalue weighted by molar-refractivity contribution is 0.0944. The van der Waals surface area contributed by atoms with E-state index in [1.165, 1.54) is 0 Å². The van der Waals surface area contributed by atoms with E-state index in [4.69, 9.17) is 38.4 Å². The number of aliphatic hydroxyl groups is 2. The van der Waals surface area contributed by atoms with Gasteiger partial charge in [-0.3, -0.25) is 9.59 Å². The van der Waals surface area contributed by atoms with Crippen molar-refractivity contribution in [3.8, 4) is 34.0 Å². The third kappa shape index (κ3) is 21.9. The zero-order valence-electron chi connectivity index (χ0n) is 45.3. The molecular weight excluding hydrogens is 1090 g/mol. The Bertz CT molecular complexity index is 3100. The fourth-order valence-corrected chi connectivity index (χ4v) is 9.65. The summed E-state index contributed by atoms with van der Waals surface area (Å²) in [5, 5.41) is 20.0. The molecule has 0 fully saturated rings. The van der Waals surface area contributed by atoms with Crippen LogP contribution in [0.5, 0.6) is 11.5 Å². The van der Waals surface area contributed by atoms with Crippen LogP contribution in [-0.4, -0.2) is 95.7 Å². The van der Waals surface area contributed by atoms with Gasteiger partial charge in [0.15, 0.2) is 11.6 Å². The number of sulfonamides is 1. The molecule has 0 saturated carbocycles. The van der Waals surface area contributed by atoms with Crippen LogP contribution in [0.25, 0.3) is 22.5 Å². The van der Waals surface area contributed by atoms with Crippen LogP contribution in [-0.2, 0) is 46.0 Å². The predicted molar refractivity (Wildman–Crippen MR) is 307 cm³/mol. The summed E-state index contributed by atoms with van der Waals surface area (Å²) in [6, 6.07) is 25.7. The van der Waals surface area contributed by atoms with E-state index < -0.39 is 25.1 Å². The Morgan fingerprint density at radius 2 is 1.00 bits per heavy atom. The number of imidazole rings is 2. The van der Waals surface area contributed by atoms with Gasteiger partial charge >= 0.3 is 0 Å². The van der Waals surface area contributed by atoms with E-state index in [1.54, 1.807) is 43.3 Å². The average Bonchev–Trinajstić information content (AvgIpc) is 3.92. The number of Topliss-reactive ketones (excluding diaryl/α,β-unsaturated/α-hetero) is 2. The number of carbonyl (C=O) groups excluding carboxylic acids is 2. The monoisotopic (exact) mass is 1160 g/mol. The number of aromatic nitrogens is 4. The maximum atomic E-state index is 13.0. The minimum atomic E-state index is -3.36. The summed E-state index contributed by atoms with van der Waals surface area (Å²) in [5.74, 6) is 2.53. The molecule has 2 aromatic heterocycles. The van der Waals surface area contributed by atoms with Gasteiger partial charge in [0, 0.05) is 85.5 Å². The molecule has 0 aliphatic heterocycles. The van der Waals surface area contributed by atoms with Gasteiger partial charge in [0.05, 0.1) is 58.2 Å². The van der Waals surface area contributed by atoms with E-state index in [0.717, 1.165) is 52.0 Å². The summed E-state index contributed by atoms with van der Waals surface area (Å²) in [6.07, 6.45) is 8.88. The second kappa shape index (κ2) is 29.7. The molecule has 21 heteroatoms. The summed E-state index contributed by atoms with van der Waals surface area (Å²) >= 11 is 12.6. The summed E-state index contributed by atoms with van der Waals surface area (Å²) in [5.41, 5.74) is 12.7. The van der Waals surface area contributed by atoms with Gasteiger partial charge in [-0.05, 0) is 127 Å². The quantitative estimate of drug-likeness (QED) is 0.0326. The van der Waals surface area contributed by atoms with Gasteiger partial charge in [-0.2, -0.15) is 0 Å². The number of carbonyl (C=O) groups is 2. The second-order valence-corrected chi connectivity index (χ2v) is 25.3. The molecule has 6 aromatic rings. The highest BCUT2D eigenvalue weighted by atomic mass is 35.7. The Balaban J connectivity index is 0.000000307. The molecule has 16 nitrogen and oxygen atoms in total. The third-order valence-corrected chi connectivity index (χ3v) is 13.2. The molecular formula is C56H73Cl3N6O10S2. The number of hydrogen-bond donors (Lipinski definition) is 4. The van der Waals surface area contributed by atoms with E-state index in [0.29, 0.717) is 70.6 Å². The van der Waals surface area contributed by atoms with Crippen molar-refractivity contribution in [3.05, 3.63) is 141 Å². The van der Waals surface area contributed by atoms with Crippen molar-refractivity contribution in [1.82, 2.24) is 23.8 Å². The Morgan fingerprint density at radius 3 is 1.31 bits per heavy atom. The smallest absolute Gasteiger partial charge is 0.229 e. The number of aryl methyl sites for hydroxylation is 2. The molecule has 6 rings (SSSR count). The summed E-state index contributed by atoms with van der Waals surface area (Å²) in [7, 11) is 1.72. The predicted octanol–water partition coefficient (Wildman–Crippen LogP) is 10.5. The molecule has 0 aliphatic rings. The van der Waals surface area contributed by atoms with Gasteiger partial charge in [-0.15, -0.1) is 0 Å². The number of ketones is 2. The Kier molecular flexibility index (Phi) is 24.8. The number of aliphatic hydroxyl groups excluding tert-OH is 2. The number of hydrogen-bond acceptors (Lipinski definition) is 13. The molecule has 77 heavy (non-hydrogen) atoms. The highest BCUT2D eigenvalue weighted by molar-refractivity contribution is 8.13. The molecule has 4 aromatic carbocycles. The Labute approximate surface area is 468 Å². The van der Waals surface area contributed by atoms with Crippen molar-refractivity contribution in [2.45, 2.75) is 104 Å². The first-order chi connectivity index (χ1) is 36.0. The van der Waals surface area contributed by atoms with E-state index in [9.17, 15) is 36.6 Å². The number of nitrogens with two attached hydrogens (primary N) is 1. The molecule has 0 amide bonds. The number of ether oxygens (including phenoxy) is 2. The number of benzene rings is 4. The first-order valence-corrected chi connectivity index (χ1v) is 30.5. The fraction of sp³-hybridized carbons (Fsp3) is 0.429.